The highest BCUT2D eigenvalue weighted by molar-refractivity contribution is 7.92. The number of carbonyl (C=O) groups is 1. The van der Waals surface area contributed by atoms with Crippen LogP contribution in [0.4, 0.5) is 5.69 Å². The smallest absolute Gasteiger partial charge is 0.264 e. The van der Waals surface area contributed by atoms with Gasteiger partial charge in [0.2, 0.25) is 0 Å². The molecule has 6 nitrogen and oxygen atoms in total. The minimum Gasteiger partial charge on any atom is -0.383 e. The van der Waals surface area contributed by atoms with E-state index in [9.17, 15) is 13.2 Å². The lowest BCUT2D eigenvalue weighted by Crippen LogP contribution is -2.26. The van der Waals surface area contributed by atoms with Crippen molar-refractivity contribution in [3.05, 3.63) is 71.9 Å². The summed E-state index contributed by atoms with van der Waals surface area (Å²) in [5.41, 5.74) is 1.15. The van der Waals surface area contributed by atoms with Crippen LogP contribution in [0, 0.1) is 11.3 Å². The zero-order chi connectivity index (χ0) is 19.3. The highest BCUT2D eigenvalue weighted by Gasteiger charge is 2.21. The van der Waals surface area contributed by atoms with Crippen molar-refractivity contribution in [1.29, 1.82) is 5.26 Å². The van der Waals surface area contributed by atoms with Crippen molar-refractivity contribution >= 4 is 21.5 Å². The molecule has 0 aliphatic rings. The van der Waals surface area contributed by atoms with Gasteiger partial charge in [0.15, 0.2) is 5.78 Å². The third-order valence-electron chi connectivity index (χ3n) is 3.66. The molecule has 0 aliphatic carbocycles. The molecule has 0 spiro atoms. The van der Waals surface area contributed by atoms with E-state index in [1.54, 1.807) is 43.4 Å². The highest BCUT2D eigenvalue weighted by Crippen LogP contribution is 2.23. The number of rotatable bonds is 6. The van der Waals surface area contributed by atoms with Gasteiger partial charge in [-0.3, -0.25) is 9.10 Å². The molecular formula is C19H19N3O3S. The van der Waals surface area contributed by atoms with Gasteiger partial charge in [0.1, 0.15) is 0 Å². The number of anilines is 1. The molecule has 0 heterocycles. The van der Waals surface area contributed by atoms with Crippen molar-refractivity contribution in [2.45, 2.75) is 4.90 Å². The molecule has 0 atom stereocenters. The molecule has 134 valence electrons. The number of hydrogen-bond acceptors (Lipinski definition) is 5. The van der Waals surface area contributed by atoms with Crippen LogP contribution in [0.5, 0.6) is 0 Å². The van der Waals surface area contributed by atoms with Gasteiger partial charge >= 0.3 is 0 Å². The molecule has 0 fully saturated rings. The lowest BCUT2D eigenvalue weighted by molar-refractivity contribution is 0.104. The zero-order valence-electron chi connectivity index (χ0n) is 14.7. The summed E-state index contributed by atoms with van der Waals surface area (Å²) >= 11 is 0. The average molecular weight is 369 g/mol. The van der Waals surface area contributed by atoms with Gasteiger partial charge in [-0.25, -0.2) is 8.42 Å². The number of benzene rings is 2. The summed E-state index contributed by atoms with van der Waals surface area (Å²) in [6.07, 6.45) is 3.06. The Bertz CT molecular complexity index is 972. The molecule has 0 aromatic heterocycles. The maximum absolute atomic E-state index is 12.8. The third kappa shape index (κ3) is 4.29. The molecule has 2 aromatic carbocycles. The molecular weight excluding hydrogens is 350 g/mol. The SMILES string of the molecule is CN(C)C=CC(=O)c1cccc(N(C)S(=O)(=O)c2ccc(C#N)cc2)c1. The second-order valence-corrected chi connectivity index (χ2v) is 7.77. The summed E-state index contributed by atoms with van der Waals surface area (Å²) in [4.78, 5) is 14.0. The second-order valence-electron chi connectivity index (χ2n) is 5.80. The van der Waals surface area contributed by atoms with Gasteiger partial charge in [-0.1, -0.05) is 12.1 Å². The lowest BCUT2D eigenvalue weighted by atomic mass is 10.1. The molecule has 2 rings (SSSR count). The van der Waals surface area contributed by atoms with E-state index in [0.29, 0.717) is 16.8 Å². The van der Waals surface area contributed by atoms with E-state index in [2.05, 4.69) is 0 Å². The van der Waals surface area contributed by atoms with E-state index in [1.807, 2.05) is 6.07 Å². The van der Waals surface area contributed by atoms with E-state index in [-0.39, 0.29) is 10.7 Å². The Balaban J connectivity index is 2.34. The van der Waals surface area contributed by atoms with E-state index in [1.165, 1.54) is 43.5 Å². The molecule has 0 radical (unpaired) electrons. The number of nitriles is 1. The average Bonchev–Trinajstić information content (AvgIpc) is 2.65. The van der Waals surface area contributed by atoms with Crippen LogP contribution in [-0.4, -0.2) is 40.2 Å². The second kappa shape index (κ2) is 7.85. The first-order chi connectivity index (χ1) is 12.3. The normalized spacial score (nSPS) is 11.2. The van der Waals surface area contributed by atoms with Crippen molar-refractivity contribution in [3.8, 4) is 6.07 Å². The predicted molar refractivity (Wildman–Crippen MR) is 100 cm³/mol. The Morgan fingerprint density at radius 2 is 1.73 bits per heavy atom. The van der Waals surface area contributed by atoms with Crippen LogP contribution in [0.15, 0.2) is 65.7 Å². The summed E-state index contributed by atoms with van der Waals surface area (Å²) < 4.78 is 26.6. The minimum absolute atomic E-state index is 0.0724. The van der Waals surface area contributed by atoms with Crippen molar-refractivity contribution in [1.82, 2.24) is 4.90 Å². The van der Waals surface area contributed by atoms with E-state index < -0.39 is 10.0 Å². The molecule has 7 heteroatoms. The number of carbonyl (C=O) groups excluding carboxylic acids is 1. The molecule has 0 N–H and O–H groups in total. The van der Waals surface area contributed by atoms with Crippen molar-refractivity contribution < 1.29 is 13.2 Å². The fraction of sp³-hybridized carbons (Fsp3) is 0.158. The highest BCUT2D eigenvalue weighted by atomic mass is 32.2. The maximum Gasteiger partial charge on any atom is 0.264 e. The summed E-state index contributed by atoms with van der Waals surface area (Å²) in [7, 11) is 1.23. The Morgan fingerprint density at radius 1 is 1.08 bits per heavy atom. The van der Waals surface area contributed by atoms with Gasteiger partial charge in [-0.15, -0.1) is 0 Å². The predicted octanol–water partition coefficient (Wildman–Crippen LogP) is 2.64. The summed E-state index contributed by atoms with van der Waals surface area (Å²) in [6, 6.07) is 14.0. The number of sulfonamides is 1. The Kier molecular flexibility index (Phi) is 5.80. The molecule has 0 amide bonds. The standard InChI is InChI=1S/C19H19N3O3S/c1-21(2)12-11-19(23)16-5-4-6-17(13-16)22(3)26(24,25)18-9-7-15(14-20)8-10-18/h4-13H,1-3H3. The fourth-order valence-corrected chi connectivity index (χ4v) is 3.35. The van der Waals surface area contributed by atoms with Gasteiger partial charge in [0.05, 0.1) is 22.2 Å². The van der Waals surface area contributed by atoms with Crippen LogP contribution in [0.3, 0.4) is 0 Å². The number of hydrogen-bond donors (Lipinski definition) is 0. The first-order valence-electron chi connectivity index (χ1n) is 7.74. The Hall–Kier alpha value is -3.11. The summed E-state index contributed by atoms with van der Waals surface area (Å²) in [5.74, 6) is -0.218. The zero-order valence-corrected chi connectivity index (χ0v) is 15.6. The first kappa shape index (κ1) is 19.2. The van der Waals surface area contributed by atoms with E-state index >= 15 is 0 Å². The van der Waals surface area contributed by atoms with Gasteiger partial charge in [-0.05, 0) is 36.4 Å². The lowest BCUT2D eigenvalue weighted by Gasteiger charge is -2.20. The van der Waals surface area contributed by atoms with Crippen LogP contribution in [-0.2, 0) is 10.0 Å². The largest absolute Gasteiger partial charge is 0.383 e. The molecule has 0 saturated carbocycles. The number of allylic oxidation sites excluding steroid dienone is 1. The van der Waals surface area contributed by atoms with Crippen LogP contribution >= 0.6 is 0 Å². The van der Waals surface area contributed by atoms with E-state index in [4.69, 9.17) is 5.26 Å². The van der Waals surface area contributed by atoms with Crippen molar-refractivity contribution in [3.63, 3.8) is 0 Å². The maximum atomic E-state index is 12.8. The number of nitrogens with zero attached hydrogens (tertiary/aromatic N) is 3. The van der Waals surface area contributed by atoms with Gasteiger partial charge in [0.25, 0.3) is 10.0 Å². The Morgan fingerprint density at radius 3 is 2.31 bits per heavy atom. The molecule has 2 aromatic rings. The first-order valence-corrected chi connectivity index (χ1v) is 9.18. The molecule has 0 saturated heterocycles. The van der Waals surface area contributed by atoms with Crippen LogP contribution < -0.4 is 4.31 Å². The van der Waals surface area contributed by atoms with Crippen molar-refractivity contribution in [2.24, 2.45) is 0 Å². The van der Waals surface area contributed by atoms with E-state index in [0.717, 1.165) is 4.31 Å². The molecule has 0 unspecified atom stereocenters. The van der Waals surface area contributed by atoms with Gasteiger partial charge < -0.3 is 4.90 Å². The quantitative estimate of drug-likeness (QED) is 0.577. The van der Waals surface area contributed by atoms with Crippen LogP contribution in [0.1, 0.15) is 15.9 Å². The molecule has 26 heavy (non-hydrogen) atoms. The third-order valence-corrected chi connectivity index (χ3v) is 5.46. The molecule has 0 aliphatic heterocycles. The minimum atomic E-state index is -3.80. The topological polar surface area (TPSA) is 81.5 Å². The molecule has 0 bridgehead atoms. The Labute approximate surface area is 153 Å². The monoisotopic (exact) mass is 369 g/mol. The van der Waals surface area contributed by atoms with Gasteiger partial charge in [0, 0.05) is 39.0 Å². The van der Waals surface area contributed by atoms with Crippen molar-refractivity contribution in [2.75, 3.05) is 25.4 Å². The van der Waals surface area contributed by atoms with Crippen LogP contribution in [0.25, 0.3) is 0 Å². The van der Waals surface area contributed by atoms with Gasteiger partial charge in [-0.2, -0.15) is 5.26 Å². The fourth-order valence-electron chi connectivity index (χ4n) is 2.17. The summed E-state index contributed by atoms with van der Waals surface area (Å²) in [5, 5.41) is 8.83. The van der Waals surface area contributed by atoms with Crippen LogP contribution in [0.2, 0.25) is 0 Å². The number of ketones is 1. The summed E-state index contributed by atoms with van der Waals surface area (Å²) in [6.45, 7) is 0.